The molecule has 0 unspecified atom stereocenters. The van der Waals surface area contributed by atoms with Crippen molar-refractivity contribution in [1.29, 1.82) is 0 Å². The number of halogens is 1. The molecule has 5 heteroatoms. The zero-order chi connectivity index (χ0) is 18.1. The van der Waals surface area contributed by atoms with Gasteiger partial charge < -0.3 is 14.8 Å². The van der Waals surface area contributed by atoms with Gasteiger partial charge >= 0.3 is 0 Å². The Labute approximate surface area is 166 Å². The number of hydrogen-bond donors (Lipinski definition) is 1. The molecule has 1 aliphatic heterocycles. The van der Waals surface area contributed by atoms with Gasteiger partial charge in [0, 0.05) is 26.2 Å². The molecule has 0 spiro atoms. The molecule has 0 atom stereocenters. The van der Waals surface area contributed by atoms with Crippen LogP contribution < -0.4 is 10.1 Å². The fraction of sp³-hybridized carbons (Fsp3) is 0.714. The highest BCUT2D eigenvalue weighted by Crippen LogP contribution is 2.32. The average Bonchev–Trinajstić information content (AvgIpc) is 2.58. The van der Waals surface area contributed by atoms with E-state index in [1.54, 1.807) is 0 Å². The standard InChI is InChI=1S/C21H36N2O2.ClH/c1-18-7-8-20(19(17-18)21(2,3)4)25-14-6-5-9-22-10-11-23-12-15-24-16-13-23;/h7-8,17,22H,5-6,9-16H2,1-4H3;1H. The minimum atomic E-state index is 0. The van der Waals surface area contributed by atoms with E-state index in [9.17, 15) is 0 Å². The third kappa shape index (κ3) is 8.26. The Balaban J connectivity index is 0.00000338. The molecule has 4 nitrogen and oxygen atoms in total. The van der Waals surface area contributed by atoms with Crippen LogP contribution in [0.4, 0.5) is 0 Å². The van der Waals surface area contributed by atoms with Gasteiger partial charge in [0.15, 0.2) is 0 Å². The highest BCUT2D eigenvalue weighted by molar-refractivity contribution is 5.85. The lowest BCUT2D eigenvalue weighted by Gasteiger charge is -2.26. The molecule has 1 heterocycles. The molecular formula is C21H37ClN2O2. The van der Waals surface area contributed by atoms with Crippen LogP contribution in [0.1, 0.15) is 44.7 Å². The van der Waals surface area contributed by atoms with Crippen LogP contribution in [-0.2, 0) is 10.2 Å². The predicted molar refractivity (Wildman–Crippen MR) is 112 cm³/mol. The van der Waals surface area contributed by atoms with Gasteiger partial charge in [-0.15, -0.1) is 12.4 Å². The van der Waals surface area contributed by atoms with E-state index in [4.69, 9.17) is 9.47 Å². The first-order valence-electron chi connectivity index (χ1n) is 9.71. The molecular weight excluding hydrogens is 348 g/mol. The van der Waals surface area contributed by atoms with Crippen molar-refractivity contribution in [1.82, 2.24) is 10.2 Å². The lowest BCUT2D eigenvalue weighted by Crippen LogP contribution is -2.40. The molecule has 0 aliphatic carbocycles. The molecule has 1 fully saturated rings. The monoisotopic (exact) mass is 384 g/mol. The summed E-state index contributed by atoms with van der Waals surface area (Å²) in [6.45, 7) is 16.8. The Kier molecular flexibility index (Phi) is 10.6. The van der Waals surface area contributed by atoms with Crippen molar-refractivity contribution >= 4 is 12.4 Å². The molecule has 2 rings (SSSR count). The van der Waals surface area contributed by atoms with Gasteiger partial charge in [-0.3, -0.25) is 4.90 Å². The average molecular weight is 385 g/mol. The summed E-state index contributed by atoms with van der Waals surface area (Å²) in [7, 11) is 0. The van der Waals surface area contributed by atoms with Gasteiger partial charge in [0.05, 0.1) is 19.8 Å². The fourth-order valence-electron chi connectivity index (χ4n) is 3.08. The van der Waals surface area contributed by atoms with Crippen LogP contribution in [0, 0.1) is 6.92 Å². The minimum absolute atomic E-state index is 0. The number of nitrogens with zero attached hydrogens (tertiary/aromatic N) is 1. The Morgan fingerprint density at radius 2 is 1.85 bits per heavy atom. The number of hydrogen-bond acceptors (Lipinski definition) is 4. The quantitative estimate of drug-likeness (QED) is 0.656. The number of nitrogens with one attached hydrogen (secondary N) is 1. The van der Waals surface area contributed by atoms with Crippen LogP contribution in [0.25, 0.3) is 0 Å². The fourth-order valence-corrected chi connectivity index (χ4v) is 3.08. The number of unbranched alkanes of at least 4 members (excludes halogenated alkanes) is 1. The summed E-state index contributed by atoms with van der Waals surface area (Å²) in [6, 6.07) is 6.51. The van der Waals surface area contributed by atoms with Crippen LogP contribution in [-0.4, -0.2) is 57.4 Å². The van der Waals surface area contributed by atoms with Gasteiger partial charge in [0.1, 0.15) is 5.75 Å². The van der Waals surface area contributed by atoms with Gasteiger partial charge in [-0.2, -0.15) is 0 Å². The normalized spacial score (nSPS) is 15.5. The predicted octanol–water partition coefficient (Wildman–Crippen LogP) is 3.80. The Morgan fingerprint density at radius 3 is 2.54 bits per heavy atom. The van der Waals surface area contributed by atoms with Gasteiger partial charge in [-0.25, -0.2) is 0 Å². The van der Waals surface area contributed by atoms with E-state index >= 15 is 0 Å². The summed E-state index contributed by atoms with van der Waals surface area (Å²) in [4.78, 5) is 2.46. The molecule has 1 N–H and O–H groups in total. The maximum atomic E-state index is 6.07. The maximum Gasteiger partial charge on any atom is 0.123 e. The number of ether oxygens (including phenoxy) is 2. The smallest absolute Gasteiger partial charge is 0.123 e. The number of rotatable bonds is 9. The topological polar surface area (TPSA) is 33.7 Å². The number of benzene rings is 1. The van der Waals surface area contributed by atoms with Crippen LogP contribution >= 0.6 is 12.4 Å². The SMILES string of the molecule is Cc1ccc(OCCCCNCCN2CCOCC2)c(C(C)(C)C)c1.Cl. The van der Waals surface area contributed by atoms with Crippen molar-refractivity contribution in [3.8, 4) is 5.75 Å². The lowest BCUT2D eigenvalue weighted by atomic mass is 9.85. The molecule has 26 heavy (non-hydrogen) atoms. The van der Waals surface area contributed by atoms with Crippen molar-refractivity contribution in [3.63, 3.8) is 0 Å². The van der Waals surface area contributed by atoms with E-state index in [-0.39, 0.29) is 17.8 Å². The van der Waals surface area contributed by atoms with Crippen molar-refractivity contribution in [2.75, 3.05) is 52.5 Å². The molecule has 1 aromatic carbocycles. The molecule has 0 aromatic heterocycles. The highest BCUT2D eigenvalue weighted by atomic mass is 35.5. The van der Waals surface area contributed by atoms with E-state index in [0.29, 0.717) is 0 Å². The van der Waals surface area contributed by atoms with Gasteiger partial charge in [0.2, 0.25) is 0 Å². The molecule has 0 bridgehead atoms. The largest absolute Gasteiger partial charge is 0.493 e. The van der Waals surface area contributed by atoms with Crippen LogP contribution in [0.15, 0.2) is 18.2 Å². The summed E-state index contributed by atoms with van der Waals surface area (Å²) in [6.07, 6.45) is 2.24. The number of morpholine rings is 1. The van der Waals surface area contributed by atoms with E-state index < -0.39 is 0 Å². The van der Waals surface area contributed by atoms with Crippen molar-refractivity contribution in [3.05, 3.63) is 29.3 Å². The molecule has 1 aromatic rings. The van der Waals surface area contributed by atoms with E-state index in [0.717, 1.165) is 71.1 Å². The van der Waals surface area contributed by atoms with Gasteiger partial charge in [0.25, 0.3) is 0 Å². The van der Waals surface area contributed by atoms with E-state index in [1.807, 2.05) is 0 Å². The first-order valence-corrected chi connectivity index (χ1v) is 9.71. The second kappa shape index (κ2) is 11.8. The first-order chi connectivity index (χ1) is 12.0. The second-order valence-corrected chi connectivity index (χ2v) is 8.01. The zero-order valence-corrected chi connectivity index (χ0v) is 17.8. The van der Waals surface area contributed by atoms with Crippen LogP contribution in [0.5, 0.6) is 5.75 Å². The summed E-state index contributed by atoms with van der Waals surface area (Å²) in [5.74, 6) is 1.04. The summed E-state index contributed by atoms with van der Waals surface area (Å²) >= 11 is 0. The Bertz CT molecular complexity index is 511. The maximum absolute atomic E-state index is 6.07. The first kappa shape index (κ1) is 23.2. The third-order valence-corrected chi connectivity index (χ3v) is 4.66. The van der Waals surface area contributed by atoms with Gasteiger partial charge in [-0.1, -0.05) is 38.5 Å². The summed E-state index contributed by atoms with van der Waals surface area (Å²) < 4.78 is 11.4. The molecule has 150 valence electrons. The summed E-state index contributed by atoms with van der Waals surface area (Å²) in [5.41, 5.74) is 2.71. The summed E-state index contributed by atoms with van der Waals surface area (Å²) in [5, 5.41) is 3.54. The Morgan fingerprint density at radius 1 is 1.12 bits per heavy atom. The van der Waals surface area contributed by atoms with Crippen molar-refractivity contribution in [2.24, 2.45) is 0 Å². The Hall–Kier alpha value is -0.810. The third-order valence-electron chi connectivity index (χ3n) is 4.66. The van der Waals surface area contributed by atoms with Crippen molar-refractivity contribution in [2.45, 2.75) is 46.0 Å². The highest BCUT2D eigenvalue weighted by Gasteiger charge is 2.19. The van der Waals surface area contributed by atoms with E-state index in [2.05, 4.69) is 56.1 Å². The van der Waals surface area contributed by atoms with Gasteiger partial charge in [-0.05, 0) is 43.4 Å². The number of aryl methyl sites for hydroxylation is 1. The van der Waals surface area contributed by atoms with Crippen molar-refractivity contribution < 1.29 is 9.47 Å². The molecule has 0 amide bonds. The minimum Gasteiger partial charge on any atom is -0.493 e. The van der Waals surface area contributed by atoms with Crippen LogP contribution in [0.3, 0.4) is 0 Å². The molecule has 0 saturated carbocycles. The lowest BCUT2D eigenvalue weighted by molar-refractivity contribution is 0.0384. The van der Waals surface area contributed by atoms with E-state index in [1.165, 1.54) is 11.1 Å². The second-order valence-electron chi connectivity index (χ2n) is 8.01. The molecule has 1 saturated heterocycles. The zero-order valence-electron chi connectivity index (χ0n) is 17.0. The molecule has 1 aliphatic rings. The molecule has 0 radical (unpaired) electrons. The van der Waals surface area contributed by atoms with Crippen LogP contribution in [0.2, 0.25) is 0 Å².